The molecule has 2 aromatic rings. The Kier molecular flexibility index (Phi) is 5.46. The molecule has 1 aliphatic heterocycles. The summed E-state index contributed by atoms with van der Waals surface area (Å²) < 4.78 is 19.3. The van der Waals surface area contributed by atoms with E-state index >= 15 is 0 Å². The van der Waals surface area contributed by atoms with Crippen LogP contribution in [0.4, 0.5) is 10.1 Å². The average Bonchev–Trinajstić information content (AvgIpc) is 3.13. The number of ether oxygens (including phenoxy) is 1. The number of morpholine rings is 1. The molecule has 2 aliphatic rings. The van der Waals surface area contributed by atoms with Gasteiger partial charge < -0.3 is 15.0 Å². The van der Waals surface area contributed by atoms with Crippen LogP contribution in [0.3, 0.4) is 0 Å². The molecule has 1 aromatic carbocycles. The van der Waals surface area contributed by atoms with E-state index in [2.05, 4.69) is 5.32 Å². The van der Waals surface area contributed by atoms with Gasteiger partial charge in [0.15, 0.2) is 0 Å². The number of fused-ring (bicyclic) bond motifs is 1. The van der Waals surface area contributed by atoms with Gasteiger partial charge in [-0.2, -0.15) is 0 Å². The number of benzene rings is 1. The van der Waals surface area contributed by atoms with Crippen LogP contribution in [0, 0.1) is 18.7 Å². The standard InChI is InChI=1S/C21H23FN2O3S/c1-13-2-4-17(16(22)10-13)23-20(25)14-3-5-18-15(11-14)12-19(28-18)21(26)24-6-8-27-9-7-24/h2,4,10,12,14H,3,5-9,11H2,1H3,(H,23,25)/t14-/m0/s1. The summed E-state index contributed by atoms with van der Waals surface area (Å²) in [6, 6.07) is 6.72. The normalized spacial score (nSPS) is 19.2. The fourth-order valence-corrected chi connectivity index (χ4v) is 4.91. The summed E-state index contributed by atoms with van der Waals surface area (Å²) in [6.45, 7) is 4.20. The lowest BCUT2D eigenvalue weighted by atomic mass is 9.87. The first-order valence-corrected chi connectivity index (χ1v) is 10.4. The van der Waals surface area contributed by atoms with Gasteiger partial charge in [0, 0.05) is 23.9 Å². The van der Waals surface area contributed by atoms with Gasteiger partial charge in [0.2, 0.25) is 5.91 Å². The largest absolute Gasteiger partial charge is 0.378 e. The van der Waals surface area contributed by atoms with Crippen molar-refractivity contribution in [2.45, 2.75) is 26.2 Å². The lowest BCUT2D eigenvalue weighted by Crippen LogP contribution is -2.40. The molecule has 28 heavy (non-hydrogen) atoms. The monoisotopic (exact) mass is 402 g/mol. The van der Waals surface area contributed by atoms with Crippen LogP contribution in [0.1, 0.15) is 32.1 Å². The Bertz CT molecular complexity index is 905. The summed E-state index contributed by atoms with van der Waals surface area (Å²) in [6.07, 6.45) is 2.06. The molecule has 0 radical (unpaired) electrons. The van der Waals surface area contributed by atoms with Crippen LogP contribution in [-0.2, 0) is 22.4 Å². The summed E-state index contributed by atoms with van der Waals surface area (Å²) in [5.41, 5.74) is 2.10. The maximum absolute atomic E-state index is 14.0. The van der Waals surface area contributed by atoms with E-state index in [4.69, 9.17) is 4.74 Å². The highest BCUT2D eigenvalue weighted by Crippen LogP contribution is 2.33. The fourth-order valence-electron chi connectivity index (χ4n) is 3.73. The number of nitrogens with one attached hydrogen (secondary N) is 1. The molecule has 1 fully saturated rings. The number of hydrogen-bond donors (Lipinski definition) is 1. The molecule has 2 amide bonds. The molecule has 1 N–H and O–H groups in total. The molecule has 1 aromatic heterocycles. The van der Waals surface area contributed by atoms with Gasteiger partial charge in [-0.15, -0.1) is 11.3 Å². The Hall–Kier alpha value is -2.25. The van der Waals surface area contributed by atoms with Crippen LogP contribution in [0.25, 0.3) is 0 Å². The molecule has 0 spiro atoms. The molecule has 4 rings (SSSR count). The third kappa shape index (κ3) is 3.95. The van der Waals surface area contributed by atoms with Gasteiger partial charge in [0.05, 0.1) is 23.8 Å². The molecule has 1 atom stereocenters. The van der Waals surface area contributed by atoms with Crippen LogP contribution >= 0.6 is 11.3 Å². The van der Waals surface area contributed by atoms with E-state index in [1.54, 1.807) is 12.1 Å². The third-order valence-corrected chi connectivity index (χ3v) is 6.57. The Morgan fingerprint density at radius 1 is 1.25 bits per heavy atom. The number of aryl methyl sites for hydroxylation is 2. The second-order valence-electron chi connectivity index (χ2n) is 7.38. The molecule has 0 unspecified atom stereocenters. The summed E-state index contributed by atoms with van der Waals surface area (Å²) in [7, 11) is 0. The SMILES string of the molecule is Cc1ccc(NC(=O)[C@H]2CCc3sc(C(=O)N4CCOCC4)cc3C2)c(F)c1. The Labute approximate surface area is 167 Å². The topological polar surface area (TPSA) is 58.6 Å². The molecule has 5 nitrogen and oxygen atoms in total. The molecule has 1 saturated heterocycles. The Morgan fingerprint density at radius 3 is 2.79 bits per heavy atom. The predicted molar refractivity (Wildman–Crippen MR) is 106 cm³/mol. The molecule has 1 aliphatic carbocycles. The van der Waals surface area contributed by atoms with E-state index in [0.717, 1.165) is 22.4 Å². The second-order valence-corrected chi connectivity index (χ2v) is 8.51. The zero-order chi connectivity index (χ0) is 19.7. The zero-order valence-electron chi connectivity index (χ0n) is 15.8. The van der Waals surface area contributed by atoms with Crippen LogP contribution < -0.4 is 5.32 Å². The van der Waals surface area contributed by atoms with Crippen LogP contribution in [0.2, 0.25) is 0 Å². The maximum Gasteiger partial charge on any atom is 0.264 e. The average molecular weight is 402 g/mol. The van der Waals surface area contributed by atoms with E-state index in [9.17, 15) is 14.0 Å². The number of rotatable bonds is 3. The molecular weight excluding hydrogens is 379 g/mol. The van der Waals surface area contributed by atoms with E-state index in [0.29, 0.717) is 39.1 Å². The quantitative estimate of drug-likeness (QED) is 0.856. The van der Waals surface area contributed by atoms with Crippen molar-refractivity contribution in [1.29, 1.82) is 0 Å². The van der Waals surface area contributed by atoms with Crippen molar-refractivity contribution < 1.29 is 18.7 Å². The lowest BCUT2D eigenvalue weighted by Gasteiger charge is -2.26. The minimum Gasteiger partial charge on any atom is -0.378 e. The third-order valence-electron chi connectivity index (χ3n) is 5.35. The first-order chi connectivity index (χ1) is 13.5. The number of nitrogens with zero attached hydrogens (tertiary/aromatic N) is 1. The first kappa shape index (κ1) is 19.1. The smallest absolute Gasteiger partial charge is 0.264 e. The number of anilines is 1. The van der Waals surface area contributed by atoms with Crippen molar-refractivity contribution >= 4 is 28.8 Å². The van der Waals surface area contributed by atoms with Gasteiger partial charge in [0.25, 0.3) is 5.91 Å². The Balaban J connectivity index is 1.43. The van der Waals surface area contributed by atoms with Gasteiger partial charge in [-0.05, 0) is 55.5 Å². The second kappa shape index (κ2) is 8.01. The summed E-state index contributed by atoms with van der Waals surface area (Å²) in [5, 5.41) is 2.72. The number of thiophene rings is 1. The van der Waals surface area contributed by atoms with Crippen molar-refractivity contribution in [1.82, 2.24) is 4.90 Å². The van der Waals surface area contributed by atoms with Gasteiger partial charge in [0.1, 0.15) is 5.82 Å². The van der Waals surface area contributed by atoms with Gasteiger partial charge in [-0.3, -0.25) is 9.59 Å². The highest BCUT2D eigenvalue weighted by molar-refractivity contribution is 7.14. The number of amides is 2. The summed E-state index contributed by atoms with van der Waals surface area (Å²) in [4.78, 5) is 29.1. The molecule has 148 valence electrons. The van der Waals surface area contributed by atoms with E-state index in [1.807, 2.05) is 17.9 Å². The molecule has 0 bridgehead atoms. The molecular formula is C21H23FN2O3S. The minimum absolute atomic E-state index is 0.0467. The number of halogens is 1. The number of carbonyl (C=O) groups excluding carboxylic acids is 2. The van der Waals surface area contributed by atoms with Crippen LogP contribution in [-0.4, -0.2) is 43.0 Å². The van der Waals surface area contributed by atoms with Crippen molar-refractivity contribution in [2.24, 2.45) is 5.92 Å². The van der Waals surface area contributed by atoms with E-state index < -0.39 is 5.82 Å². The van der Waals surface area contributed by atoms with Crippen molar-refractivity contribution in [3.63, 3.8) is 0 Å². The highest BCUT2D eigenvalue weighted by Gasteiger charge is 2.29. The molecule has 0 saturated carbocycles. The predicted octanol–water partition coefficient (Wildman–Crippen LogP) is 3.41. The van der Waals surface area contributed by atoms with Gasteiger partial charge in [-0.1, -0.05) is 6.07 Å². The van der Waals surface area contributed by atoms with E-state index in [-0.39, 0.29) is 23.4 Å². The van der Waals surface area contributed by atoms with Crippen molar-refractivity contribution in [2.75, 3.05) is 31.6 Å². The maximum atomic E-state index is 14.0. The van der Waals surface area contributed by atoms with E-state index in [1.165, 1.54) is 22.3 Å². The van der Waals surface area contributed by atoms with Crippen molar-refractivity contribution in [3.8, 4) is 0 Å². The molecule has 2 heterocycles. The number of carbonyl (C=O) groups is 2. The number of hydrogen-bond acceptors (Lipinski definition) is 4. The summed E-state index contributed by atoms with van der Waals surface area (Å²) in [5.74, 6) is -0.751. The Morgan fingerprint density at radius 2 is 2.04 bits per heavy atom. The minimum atomic E-state index is -0.418. The van der Waals surface area contributed by atoms with Crippen molar-refractivity contribution in [3.05, 3.63) is 51.0 Å². The van der Waals surface area contributed by atoms with Crippen LogP contribution in [0.15, 0.2) is 24.3 Å². The summed E-state index contributed by atoms with van der Waals surface area (Å²) >= 11 is 1.54. The van der Waals surface area contributed by atoms with Crippen LogP contribution in [0.5, 0.6) is 0 Å². The zero-order valence-corrected chi connectivity index (χ0v) is 16.6. The first-order valence-electron chi connectivity index (χ1n) is 9.57. The highest BCUT2D eigenvalue weighted by atomic mass is 32.1. The fraction of sp³-hybridized carbons (Fsp3) is 0.429. The van der Waals surface area contributed by atoms with Gasteiger partial charge >= 0.3 is 0 Å². The molecule has 7 heteroatoms. The van der Waals surface area contributed by atoms with Gasteiger partial charge in [-0.25, -0.2) is 4.39 Å². The lowest BCUT2D eigenvalue weighted by molar-refractivity contribution is -0.120.